The van der Waals surface area contributed by atoms with Crippen molar-refractivity contribution in [2.75, 3.05) is 7.11 Å². The van der Waals surface area contributed by atoms with Crippen LogP contribution in [0.1, 0.15) is 16.8 Å². The fourth-order valence-corrected chi connectivity index (χ4v) is 1.85. The highest BCUT2D eigenvalue weighted by Gasteiger charge is 2.12. The summed E-state index contributed by atoms with van der Waals surface area (Å²) in [5.74, 6) is 0.707. The Labute approximate surface area is 110 Å². The molecule has 2 rings (SSSR count). The van der Waals surface area contributed by atoms with Crippen LogP contribution in [-0.4, -0.2) is 16.9 Å². The molecule has 0 aliphatic rings. The number of methoxy groups -OCH3 is 1. The number of rotatable bonds is 2. The van der Waals surface area contributed by atoms with Crippen molar-refractivity contribution >= 4 is 0 Å². The van der Waals surface area contributed by atoms with E-state index >= 15 is 0 Å². The number of hydrogen-bond donors (Lipinski definition) is 0. The molecule has 1 heterocycles. The van der Waals surface area contributed by atoms with Crippen molar-refractivity contribution < 1.29 is 4.74 Å². The molecular formula is C14H13N3O2. The van der Waals surface area contributed by atoms with Crippen molar-refractivity contribution in [3.05, 3.63) is 51.4 Å². The van der Waals surface area contributed by atoms with Crippen molar-refractivity contribution in [2.45, 2.75) is 13.8 Å². The van der Waals surface area contributed by atoms with Gasteiger partial charge in [-0.25, -0.2) is 0 Å². The smallest absolute Gasteiger partial charge is 0.275 e. The molecule has 2 aromatic rings. The van der Waals surface area contributed by atoms with Crippen LogP contribution in [0.3, 0.4) is 0 Å². The van der Waals surface area contributed by atoms with E-state index < -0.39 is 0 Å². The molecule has 96 valence electrons. The molecule has 19 heavy (non-hydrogen) atoms. The first-order valence-corrected chi connectivity index (χ1v) is 5.73. The number of nitriles is 1. The van der Waals surface area contributed by atoms with Gasteiger partial charge >= 0.3 is 0 Å². The van der Waals surface area contributed by atoms with Crippen LogP contribution < -0.4 is 10.3 Å². The van der Waals surface area contributed by atoms with Gasteiger partial charge in [0.2, 0.25) is 0 Å². The minimum absolute atomic E-state index is 0.285. The average molecular weight is 255 g/mol. The van der Waals surface area contributed by atoms with Crippen molar-refractivity contribution in [1.29, 1.82) is 5.26 Å². The summed E-state index contributed by atoms with van der Waals surface area (Å²) in [6.45, 7) is 3.35. The van der Waals surface area contributed by atoms with Crippen LogP contribution in [0.2, 0.25) is 0 Å². The number of aryl methyl sites for hydroxylation is 1. The van der Waals surface area contributed by atoms with E-state index in [9.17, 15) is 4.79 Å². The van der Waals surface area contributed by atoms with Crippen molar-refractivity contribution in [3.63, 3.8) is 0 Å². The minimum atomic E-state index is -0.285. The third-order valence-corrected chi connectivity index (χ3v) is 2.93. The molecule has 0 radical (unpaired) electrons. The molecule has 0 saturated carbocycles. The Balaban J connectivity index is 2.63. The van der Waals surface area contributed by atoms with Crippen LogP contribution in [0.25, 0.3) is 5.69 Å². The van der Waals surface area contributed by atoms with Gasteiger partial charge < -0.3 is 4.74 Å². The van der Waals surface area contributed by atoms with E-state index in [1.807, 2.05) is 6.07 Å². The quantitative estimate of drug-likeness (QED) is 0.819. The Bertz CT molecular complexity index is 709. The highest BCUT2D eigenvalue weighted by atomic mass is 16.5. The Morgan fingerprint density at radius 2 is 1.89 bits per heavy atom. The number of ether oxygens (including phenoxy) is 1. The molecule has 0 N–H and O–H groups in total. The lowest BCUT2D eigenvalue weighted by atomic mass is 10.1. The maximum Gasteiger partial charge on any atom is 0.275 e. The number of nitrogens with zero attached hydrogens (tertiary/aromatic N) is 3. The molecule has 0 bridgehead atoms. The molecule has 5 heteroatoms. The molecule has 0 atom stereocenters. The van der Waals surface area contributed by atoms with Crippen LogP contribution in [0.4, 0.5) is 0 Å². The Morgan fingerprint density at radius 3 is 2.42 bits per heavy atom. The molecule has 0 aliphatic carbocycles. The predicted molar refractivity (Wildman–Crippen MR) is 70.6 cm³/mol. The van der Waals surface area contributed by atoms with Gasteiger partial charge in [-0.1, -0.05) is 0 Å². The van der Waals surface area contributed by atoms with Gasteiger partial charge in [-0.15, -0.1) is 0 Å². The van der Waals surface area contributed by atoms with Gasteiger partial charge in [-0.3, -0.25) is 4.79 Å². The summed E-state index contributed by atoms with van der Waals surface area (Å²) < 4.78 is 6.36. The monoisotopic (exact) mass is 255 g/mol. The van der Waals surface area contributed by atoms with Crippen LogP contribution in [0.5, 0.6) is 5.75 Å². The lowest BCUT2D eigenvalue weighted by Gasteiger charge is -2.09. The summed E-state index contributed by atoms with van der Waals surface area (Å²) >= 11 is 0. The summed E-state index contributed by atoms with van der Waals surface area (Å²) in [7, 11) is 1.58. The highest BCUT2D eigenvalue weighted by Crippen LogP contribution is 2.14. The number of hydrogen-bond acceptors (Lipinski definition) is 4. The predicted octanol–water partition coefficient (Wildman–Crippen LogP) is 1.73. The third-order valence-electron chi connectivity index (χ3n) is 2.93. The number of aromatic nitrogens is 2. The van der Waals surface area contributed by atoms with Crippen molar-refractivity contribution in [1.82, 2.24) is 9.78 Å². The first kappa shape index (κ1) is 12.8. The zero-order valence-electron chi connectivity index (χ0n) is 11.0. The number of benzene rings is 1. The lowest BCUT2D eigenvalue weighted by molar-refractivity contribution is 0.414. The molecule has 5 nitrogen and oxygen atoms in total. The van der Waals surface area contributed by atoms with Gasteiger partial charge in [0.1, 0.15) is 11.8 Å². The van der Waals surface area contributed by atoms with E-state index in [0.29, 0.717) is 28.3 Å². The molecule has 0 spiro atoms. The minimum Gasteiger partial charge on any atom is -0.497 e. The molecule has 0 unspecified atom stereocenters. The molecule has 1 aromatic carbocycles. The molecule has 1 aromatic heterocycles. The normalized spacial score (nSPS) is 10.0. The summed E-state index contributed by atoms with van der Waals surface area (Å²) in [6.07, 6.45) is 0. The van der Waals surface area contributed by atoms with Crippen LogP contribution >= 0.6 is 0 Å². The summed E-state index contributed by atoms with van der Waals surface area (Å²) in [5, 5.41) is 13.2. The maximum atomic E-state index is 12.2. The second-order valence-electron chi connectivity index (χ2n) is 4.11. The fourth-order valence-electron chi connectivity index (χ4n) is 1.85. The Hall–Kier alpha value is -2.61. The van der Waals surface area contributed by atoms with E-state index in [1.54, 1.807) is 45.2 Å². The van der Waals surface area contributed by atoms with Gasteiger partial charge in [0.05, 0.1) is 24.1 Å². The Kier molecular flexibility index (Phi) is 3.34. The van der Waals surface area contributed by atoms with E-state index in [1.165, 1.54) is 4.68 Å². The van der Waals surface area contributed by atoms with Crippen molar-refractivity contribution in [3.8, 4) is 17.5 Å². The summed E-state index contributed by atoms with van der Waals surface area (Å²) in [4.78, 5) is 12.2. The fraction of sp³-hybridized carbons (Fsp3) is 0.214. The van der Waals surface area contributed by atoms with Crippen LogP contribution in [0.15, 0.2) is 29.1 Å². The topological polar surface area (TPSA) is 67.9 Å². The van der Waals surface area contributed by atoms with E-state index in [2.05, 4.69) is 5.10 Å². The third kappa shape index (κ3) is 2.20. The first-order valence-electron chi connectivity index (χ1n) is 5.73. The second kappa shape index (κ2) is 4.94. The van der Waals surface area contributed by atoms with E-state index in [-0.39, 0.29) is 5.56 Å². The zero-order chi connectivity index (χ0) is 14.0. The van der Waals surface area contributed by atoms with Gasteiger partial charge in [0.15, 0.2) is 0 Å². The van der Waals surface area contributed by atoms with Crippen molar-refractivity contribution in [2.24, 2.45) is 0 Å². The first-order chi connectivity index (χ1) is 9.08. The van der Waals surface area contributed by atoms with Gasteiger partial charge in [0, 0.05) is 5.56 Å². The van der Waals surface area contributed by atoms with Gasteiger partial charge in [-0.05, 0) is 38.1 Å². The Morgan fingerprint density at radius 1 is 1.26 bits per heavy atom. The molecule has 0 fully saturated rings. The van der Waals surface area contributed by atoms with Gasteiger partial charge in [0.25, 0.3) is 5.56 Å². The average Bonchev–Trinajstić information content (AvgIpc) is 2.43. The zero-order valence-corrected chi connectivity index (χ0v) is 11.0. The van der Waals surface area contributed by atoms with E-state index in [4.69, 9.17) is 10.00 Å². The standard InChI is InChI=1S/C14H13N3O2/c1-9-13(8-15)10(2)16-17(14(9)18)11-4-6-12(19-3)7-5-11/h4-7H,1-3H3. The lowest BCUT2D eigenvalue weighted by Crippen LogP contribution is -2.25. The largest absolute Gasteiger partial charge is 0.497 e. The maximum absolute atomic E-state index is 12.2. The van der Waals surface area contributed by atoms with Crippen LogP contribution in [0, 0.1) is 25.2 Å². The summed E-state index contributed by atoms with van der Waals surface area (Å²) in [6, 6.07) is 9.01. The molecular weight excluding hydrogens is 242 g/mol. The molecule has 0 amide bonds. The molecule has 0 saturated heterocycles. The van der Waals surface area contributed by atoms with Crippen LogP contribution in [-0.2, 0) is 0 Å². The second-order valence-corrected chi connectivity index (χ2v) is 4.11. The highest BCUT2D eigenvalue weighted by molar-refractivity contribution is 5.42. The SMILES string of the molecule is COc1ccc(-n2nc(C)c(C#N)c(C)c2=O)cc1. The molecule has 0 aliphatic heterocycles. The van der Waals surface area contributed by atoms with Gasteiger partial charge in [-0.2, -0.15) is 15.0 Å². The summed E-state index contributed by atoms with van der Waals surface area (Å²) in [5.41, 5.74) is 1.64. The van der Waals surface area contributed by atoms with E-state index in [0.717, 1.165) is 0 Å².